The van der Waals surface area contributed by atoms with Crippen LogP contribution in [0, 0.1) is 13.8 Å². The lowest BCUT2D eigenvalue weighted by atomic mass is 9.94. The number of amides is 1. The number of carbonyl (C=O) groups excluding carboxylic acids is 2. The molecular weight excluding hydrogens is 490 g/mol. The van der Waals surface area contributed by atoms with E-state index in [0.717, 1.165) is 16.7 Å². The van der Waals surface area contributed by atoms with Gasteiger partial charge < -0.3 is 5.11 Å². The maximum absolute atomic E-state index is 13.3. The van der Waals surface area contributed by atoms with Crippen LogP contribution in [0.15, 0.2) is 88.8 Å². The van der Waals surface area contributed by atoms with Crippen molar-refractivity contribution < 1.29 is 14.7 Å². The van der Waals surface area contributed by atoms with E-state index in [0.29, 0.717) is 26.4 Å². The first-order chi connectivity index (χ1) is 17.4. The molecule has 0 saturated carbocycles. The molecule has 5 rings (SSSR count). The Morgan fingerprint density at radius 2 is 1.56 bits per heavy atom. The minimum absolute atomic E-state index is 0.0430. The third-order valence-corrected chi connectivity index (χ3v) is 8.10. The molecule has 3 aromatic carbocycles. The van der Waals surface area contributed by atoms with Crippen LogP contribution in [0.1, 0.15) is 33.9 Å². The van der Waals surface area contributed by atoms with Crippen molar-refractivity contribution in [3.63, 3.8) is 0 Å². The molecule has 1 aliphatic heterocycles. The molecule has 36 heavy (non-hydrogen) atoms. The van der Waals surface area contributed by atoms with Crippen LogP contribution < -0.4 is 4.90 Å². The smallest absolute Gasteiger partial charge is 0.301 e. The predicted octanol–water partition coefficient (Wildman–Crippen LogP) is 6.07. The molecule has 2 heterocycles. The van der Waals surface area contributed by atoms with E-state index in [1.165, 1.54) is 28.0 Å². The molecule has 1 N–H and O–H groups in total. The molecule has 0 aliphatic carbocycles. The average molecular weight is 514 g/mol. The third-order valence-electron chi connectivity index (χ3n) is 5.97. The highest BCUT2D eigenvalue weighted by atomic mass is 32.2. The highest BCUT2D eigenvalue weighted by Crippen LogP contribution is 2.44. The van der Waals surface area contributed by atoms with Crippen LogP contribution in [0.4, 0.5) is 5.13 Å². The lowest BCUT2D eigenvalue weighted by Gasteiger charge is -2.22. The van der Waals surface area contributed by atoms with Gasteiger partial charge in [-0.25, -0.2) is 0 Å². The summed E-state index contributed by atoms with van der Waals surface area (Å²) < 4.78 is 0.692. The molecule has 8 heteroatoms. The number of aryl methyl sites for hydroxylation is 2. The van der Waals surface area contributed by atoms with Gasteiger partial charge in [-0.05, 0) is 25.0 Å². The maximum atomic E-state index is 13.3. The second-order valence-corrected chi connectivity index (χ2v) is 10.7. The second-order valence-electron chi connectivity index (χ2n) is 8.57. The minimum atomic E-state index is -0.813. The van der Waals surface area contributed by atoms with E-state index >= 15 is 0 Å². The quantitative estimate of drug-likeness (QED) is 0.111. The number of nitrogens with zero attached hydrogens (tertiary/aromatic N) is 3. The van der Waals surface area contributed by atoms with Gasteiger partial charge in [0.2, 0.25) is 5.13 Å². The fourth-order valence-electron chi connectivity index (χ4n) is 4.04. The van der Waals surface area contributed by atoms with Crippen LogP contribution in [-0.4, -0.2) is 27.0 Å². The number of rotatable bonds is 6. The van der Waals surface area contributed by atoms with Gasteiger partial charge in [-0.1, -0.05) is 113 Å². The number of aliphatic hydroxyl groups excluding tert-OH is 1. The van der Waals surface area contributed by atoms with Crippen molar-refractivity contribution in [1.82, 2.24) is 10.2 Å². The standard InChI is InChI=1S/C28H23N3O3S2/c1-17-8-12-20(13-9-17)23-22(24(32)21-14-10-18(2)11-15-21)25(33)26(34)31(23)27-29-30-28(36-27)35-16-19-6-4-3-5-7-19/h3-15,23,32H,16H2,1-2H3/t23-/m0/s1. The molecule has 0 radical (unpaired) electrons. The summed E-state index contributed by atoms with van der Waals surface area (Å²) in [5.74, 6) is -0.967. The van der Waals surface area contributed by atoms with Crippen molar-refractivity contribution in [2.45, 2.75) is 30.0 Å². The van der Waals surface area contributed by atoms with E-state index in [4.69, 9.17) is 0 Å². The molecule has 1 atom stereocenters. The lowest BCUT2D eigenvalue weighted by molar-refractivity contribution is -0.132. The molecule has 180 valence electrons. The van der Waals surface area contributed by atoms with E-state index in [1.54, 1.807) is 12.1 Å². The highest BCUT2D eigenvalue weighted by molar-refractivity contribution is 8.00. The number of benzene rings is 3. The van der Waals surface area contributed by atoms with Gasteiger partial charge in [0.15, 0.2) is 4.34 Å². The van der Waals surface area contributed by atoms with Crippen LogP contribution in [0.25, 0.3) is 5.76 Å². The normalized spacial score (nSPS) is 17.1. The highest BCUT2D eigenvalue weighted by Gasteiger charge is 2.48. The Bertz CT molecular complexity index is 1450. The summed E-state index contributed by atoms with van der Waals surface area (Å²) in [6.45, 7) is 3.91. The van der Waals surface area contributed by atoms with Gasteiger partial charge in [-0.2, -0.15) is 0 Å². The van der Waals surface area contributed by atoms with Gasteiger partial charge in [0.25, 0.3) is 5.78 Å². The summed E-state index contributed by atoms with van der Waals surface area (Å²) in [6.07, 6.45) is 0. The number of aliphatic hydroxyl groups is 1. The zero-order valence-corrected chi connectivity index (χ0v) is 21.3. The van der Waals surface area contributed by atoms with E-state index in [-0.39, 0.29) is 11.3 Å². The third kappa shape index (κ3) is 4.69. The monoisotopic (exact) mass is 513 g/mol. The minimum Gasteiger partial charge on any atom is -0.507 e. The maximum Gasteiger partial charge on any atom is 0.301 e. The zero-order valence-electron chi connectivity index (χ0n) is 19.7. The number of ketones is 1. The number of carbonyl (C=O) groups is 2. The number of aromatic nitrogens is 2. The number of hydrogen-bond acceptors (Lipinski definition) is 7. The van der Waals surface area contributed by atoms with E-state index < -0.39 is 17.7 Å². The Morgan fingerprint density at radius 1 is 0.917 bits per heavy atom. The van der Waals surface area contributed by atoms with Crippen molar-refractivity contribution in [2.24, 2.45) is 0 Å². The Kier molecular flexibility index (Phi) is 6.71. The van der Waals surface area contributed by atoms with Gasteiger partial charge in [0.1, 0.15) is 5.76 Å². The fourth-order valence-corrected chi connectivity index (χ4v) is 5.86. The summed E-state index contributed by atoms with van der Waals surface area (Å²) in [4.78, 5) is 27.9. The summed E-state index contributed by atoms with van der Waals surface area (Å²) in [5, 5.41) is 20.1. The number of thioether (sulfide) groups is 1. The van der Waals surface area contributed by atoms with Gasteiger partial charge >= 0.3 is 5.91 Å². The summed E-state index contributed by atoms with van der Waals surface area (Å²) in [6, 6.07) is 24.0. The van der Waals surface area contributed by atoms with E-state index in [9.17, 15) is 14.7 Å². The van der Waals surface area contributed by atoms with Crippen LogP contribution in [0.3, 0.4) is 0 Å². The summed E-state index contributed by atoms with van der Waals surface area (Å²) in [7, 11) is 0. The van der Waals surface area contributed by atoms with Crippen LogP contribution in [0.5, 0.6) is 0 Å². The van der Waals surface area contributed by atoms with Crippen molar-refractivity contribution in [1.29, 1.82) is 0 Å². The molecule has 1 saturated heterocycles. The number of anilines is 1. The van der Waals surface area contributed by atoms with Crippen LogP contribution >= 0.6 is 23.1 Å². The Balaban J connectivity index is 1.55. The second kappa shape index (κ2) is 10.1. The molecule has 0 unspecified atom stereocenters. The van der Waals surface area contributed by atoms with E-state index in [2.05, 4.69) is 10.2 Å². The average Bonchev–Trinajstić information content (AvgIpc) is 3.46. The first-order valence-corrected chi connectivity index (χ1v) is 13.2. The number of Topliss-reactive ketones (excluding diaryl/α,β-unsaturated/α-hetero) is 1. The Labute approximate surface area is 217 Å². The van der Waals surface area contributed by atoms with Crippen molar-refractivity contribution in [3.05, 3.63) is 112 Å². The van der Waals surface area contributed by atoms with Crippen molar-refractivity contribution >= 4 is 45.7 Å². The van der Waals surface area contributed by atoms with Gasteiger partial charge in [-0.3, -0.25) is 14.5 Å². The van der Waals surface area contributed by atoms with Crippen LogP contribution in [0.2, 0.25) is 0 Å². The largest absolute Gasteiger partial charge is 0.507 e. The fraction of sp³-hybridized carbons (Fsp3) is 0.143. The molecule has 1 aliphatic rings. The predicted molar refractivity (Wildman–Crippen MR) is 143 cm³/mol. The Morgan fingerprint density at radius 3 is 2.22 bits per heavy atom. The van der Waals surface area contributed by atoms with Gasteiger partial charge in [0.05, 0.1) is 11.6 Å². The topological polar surface area (TPSA) is 83.4 Å². The molecule has 1 amide bonds. The molecular formula is C28H23N3O3S2. The SMILES string of the molecule is Cc1ccc(C(O)=C2C(=O)C(=O)N(c3nnc(SCc4ccccc4)s3)[C@H]2c2ccc(C)cc2)cc1. The van der Waals surface area contributed by atoms with Gasteiger partial charge in [0, 0.05) is 11.3 Å². The van der Waals surface area contributed by atoms with Gasteiger partial charge in [-0.15, -0.1) is 10.2 Å². The van der Waals surface area contributed by atoms with Crippen molar-refractivity contribution in [3.8, 4) is 0 Å². The first kappa shape index (κ1) is 24.0. The van der Waals surface area contributed by atoms with Crippen LogP contribution in [-0.2, 0) is 15.3 Å². The molecule has 0 spiro atoms. The first-order valence-electron chi connectivity index (χ1n) is 11.4. The lowest BCUT2D eigenvalue weighted by Crippen LogP contribution is -2.29. The summed E-state index contributed by atoms with van der Waals surface area (Å²) in [5.41, 5.74) is 4.45. The van der Waals surface area contributed by atoms with Crippen molar-refractivity contribution in [2.75, 3.05) is 4.90 Å². The molecule has 0 bridgehead atoms. The zero-order chi connectivity index (χ0) is 25.2. The molecule has 1 fully saturated rings. The summed E-state index contributed by atoms with van der Waals surface area (Å²) >= 11 is 2.78. The molecule has 1 aromatic heterocycles. The molecule has 6 nitrogen and oxygen atoms in total. The van der Waals surface area contributed by atoms with E-state index in [1.807, 2.05) is 80.6 Å². The number of hydrogen-bond donors (Lipinski definition) is 1. The Hall–Kier alpha value is -3.75. The molecule has 4 aromatic rings.